The van der Waals surface area contributed by atoms with Crippen LogP contribution in [0.3, 0.4) is 0 Å². The van der Waals surface area contributed by atoms with Crippen LogP contribution in [0.25, 0.3) is 0 Å². The minimum Gasteiger partial charge on any atom is -0.413 e. The molecule has 0 saturated carbocycles. The Hall–Kier alpha value is 0.0569. The minimum absolute atomic E-state index is 0.0392. The largest absolute Gasteiger partial charge is 0.413 e. The Labute approximate surface area is 69.4 Å². The third-order valence-electron chi connectivity index (χ3n) is 1.82. The van der Waals surface area contributed by atoms with Crippen molar-refractivity contribution in [1.82, 2.24) is 0 Å². The maximum Gasteiger partial charge on any atom is 0.318 e. The summed E-state index contributed by atoms with van der Waals surface area (Å²) in [7, 11) is -0.453. The molecule has 0 aromatic heterocycles. The van der Waals surface area contributed by atoms with Gasteiger partial charge in [0.15, 0.2) is 0 Å². The van der Waals surface area contributed by atoms with Gasteiger partial charge in [-0.2, -0.15) is 0 Å². The summed E-state index contributed by atoms with van der Waals surface area (Å²) < 4.78 is 4.82. The average molecular weight is 178 g/mol. The normalized spacial score (nSPS) is 19.4. The third-order valence-corrected chi connectivity index (χ3v) is 3.38. The molecule has 0 rings (SSSR count). The maximum absolute atomic E-state index is 9.21. The summed E-state index contributed by atoms with van der Waals surface area (Å²) in [4.78, 5) is 9.21. The lowest BCUT2D eigenvalue weighted by atomic mass is 10.1. The fourth-order valence-corrected chi connectivity index (χ4v) is 2.21. The molecule has 0 saturated heterocycles. The van der Waals surface area contributed by atoms with Gasteiger partial charge in [-0.25, -0.2) is 0 Å². The van der Waals surface area contributed by atoms with Gasteiger partial charge in [-0.15, -0.1) is 0 Å². The van der Waals surface area contributed by atoms with Gasteiger partial charge in [0, 0.05) is 13.2 Å². The van der Waals surface area contributed by atoms with Crippen molar-refractivity contribution in [2.24, 2.45) is 17.4 Å². The summed E-state index contributed by atoms with van der Waals surface area (Å²) in [5.74, 6) is 0.191. The molecule has 0 bridgehead atoms. The Morgan fingerprint density at radius 1 is 1.64 bits per heavy atom. The second-order valence-corrected chi connectivity index (χ2v) is 4.63. The SMILES string of the molecule is CO[SiH](O)CC(CN)C(C)N. The van der Waals surface area contributed by atoms with E-state index in [0.29, 0.717) is 12.6 Å². The van der Waals surface area contributed by atoms with E-state index in [1.54, 1.807) is 0 Å². The fourth-order valence-electron chi connectivity index (χ4n) is 0.881. The van der Waals surface area contributed by atoms with Gasteiger partial charge in [-0.3, -0.25) is 0 Å². The zero-order valence-electron chi connectivity index (χ0n) is 7.16. The molecule has 0 aliphatic heterocycles. The van der Waals surface area contributed by atoms with Crippen molar-refractivity contribution in [2.75, 3.05) is 13.7 Å². The van der Waals surface area contributed by atoms with Gasteiger partial charge in [0.05, 0.1) is 0 Å². The summed E-state index contributed by atoms with van der Waals surface area (Å²) >= 11 is 0. The van der Waals surface area contributed by atoms with Crippen molar-refractivity contribution < 1.29 is 9.22 Å². The van der Waals surface area contributed by atoms with E-state index in [1.165, 1.54) is 7.11 Å². The van der Waals surface area contributed by atoms with Crippen LogP contribution in [0.1, 0.15) is 6.92 Å². The van der Waals surface area contributed by atoms with Crippen LogP contribution in [0.15, 0.2) is 0 Å². The van der Waals surface area contributed by atoms with Crippen molar-refractivity contribution in [3.63, 3.8) is 0 Å². The molecule has 5 N–H and O–H groups in total. The molecule has 0 aromatic carbocycles. The van der Waals surface area contributed by atoms with Crippen LogP contribution in [0.2, 0.25) is 6.04 Å². The predicted octanol–water partition coefficient (Wildman–Crippen LogP) is -1.23. The van der Waals surface area contributed by atoms with Crippen LogP contribution in [-0.2, 0) is 4.43 Å². The molecule has 0 amide bonds. The minimum atomic E-state index is -1.97. The van der Waals surface area contributed by atoms with E-state index in [9.17, 15) is 4.80 Å². The maximum atomic E-state index is 9.21. The molecule has 4 nitrogen and oxygen atoms in total. The van der Waals surface area contributed by atoms with Crippen molar-refractivity contribution >= 4 is 9.28 Å². The highest BCUT2D eigenvalue weighted by Gasteiger charge is 2.18. The summed E-state index contributed by atoms with van der Waals surface area (Å²) in [6, 6.07) is 0.683. The fraction of sp³-hybridized carbons (Fsp3) is 1.00. The molecule has 11 heavy (non-hydrogen) atoms. The summed E-state index contributed by atoms with van der Waals surface area (Å²) in [6.45, 7) is 2.42. The lowest BCUT2D eigenvalue weighted by Gasteiger charge is -2.19. The van der Waals surface area contributed by atoms with Gasteiger partial charge in [0.2, 0.25) is 0 Å². The molecule has 0 aliphatic rings. The second-order valence-electron chi connectivity index (χ2n) is 2.78. The number of rotatable bonds is 5. The standard InChI is InChI=1S/C6H18N2O2Si/c1-5(8)6(3-7)4-11(9)10-2/h5-6,9,11H,3-4,7-8H2,1-2H3. The highest BCUT2D eigenvalue weighted by atomic mass is 28.3. The molecule has 0 spiro atoms. The second kappa shape index (κ2) is 5.67. The molecule has 68 valence electrons. The molecule has 0 radical (unpaired) electrons. The van der Waals surface area contributed by atoms with E-state index in [1.807, 2.05) is 6.92 Å². The Kier molecular flexibility index (Phi) is 5.70. The molecule has 0 fully saturated rings. The first-order valence-corrected chi connectivity index (χ1v) is 5.58. The molecule has 0 aromatic rings. The number of hydrogen-bond donors (Lipinski definition) is 3. The van der Waals surface area contributed by atoms with Gasteiger partial charge in [0.25, 0.3) is 0 Å². The number of hydrogen-bond acceptors (Lipinski definition) is 4. The van der Waals surface area contributed by atoms with Gasteiger partial charge < -0.3 is 20.7 Å². The third kappa shape index (κ3) is 4.49. The van der Waals surface area contributed by atoms with Crippen LogP contribution in [0.4, 0.5) is 0 Å². The Morgan fingerprint density at radius 3 is 2.45 bits per heavy atom. The summed E-state index contributed by atoms with van der Waals surface area (Å²) in [5, 5.41) is 0. The van der Waals surface area contributed by atoms with E-state index >= 15 is 0 Å². The first-order chi connectivity index (χ1) is 5.11. The van der Waals surface area contributed by atoms with Crippen molar-refractivity contribution in [1.29, 1.82) is 0 Å². The predicted molar refractivity (Wildman–Crippen MR) is 47.4 cm³/mol. The van der Waals surface area contributed by atoms with Gasteiger partial charge in [0.1, 0.15) is 0 Å². The van der Waals surface area contributed by atoms with Gasteiger partial charge in [-0.05, 0) is 25.4 Å². The average Bonchev–Trinajstić information content (AvgIpc) is 1.99. The molecule has 3 unspecified atom stereocenters. The quantitative estimate of drug-likeness (QED) is 0.460. The van der Waals surface area contributed by atoms with Crippen molar-refractivity contribution in [2.45, 2.75) is 19.0 Å². The van der Waals surface area contributed by atoms with E-state index in [2.05, 4.69) is 0 Å². The smallest absolute Gasteiger partial charge is 0.318 e. The molecule has 0 aliphatic carbocycles. The first-order valence-electron chi connectivity index (χ1n) is 3.78. The monoisotopic (exact) mass is 178 g/mol. The van der Waals surface area contributed by atoms with E-state index in [0.717, 1.165) is 0 Å². The molecule has 0 heterocycles. The van der Waals surface area contributed by atoms with Gasteiger partial charge in [-0.1, -0.05) is 0 Å². The van der Waals surface area contributed by atoms with Crippen molar-refractivity contribution in [3.8, 4) is 0 Å². The van der Waals surface area contributed by atoms with E-state index < -0.39 is 9.28 Å². The van der Waals surface area contributed by atoms with E-state index in [-0.39, 0.29) is 12.0 Å². The molecule has 3 atom stereocenters. The Bertz CT molecular complexity index is 103. The van der Waals surface area contributed by atoms with Crippen LogP contribution in [0.5, 0.6) is 0 Å². The zero-order chi connectivity index (χ0) is 8.85. The highest BCUT2D eigenvalue weighted by molar-refractivity contribution is 6.42. The van der Waals surface area contributed by atoms with Gasteiger partial charge >= 0.3 is 9.28 Å². The topological polar surface area (TPSA) is 81.5 Å². The highest BCUT2D eigenvalue weighted by Crippen LogP contribution is 2.08. The lowest BCUT2D eigenvalue weighted by Crippen LogP contribution is -2.36. The molecular formula is C6H18N2O2Si. The van der Waals surface area contributed by atoms with Crippen LogP contribution < -0.4 is 11.5 Å². The van der Waals surface area contributed by atoms with Crippen LogP contribution in [-0.4, -0.2) is 33.8 Å². The Balaban J connectivity index is 3.68. The lowest BCUT2D eigenvalue weighted by molar-refractivity contribution is 0.310. The summed E-state index contributed by atoms with van der Waals surface area (Å²) in [5.41, 5.74) is 11.1. The molecule has 5 heteroatoms. The summed E-state index contributed by atoms with van der Waals surface area (Å²) in [6.07, 6.45) is 0. The zero-order valence-corrected chi connectivity index (χ0v) is 8.31. The first kappa shape index (κ1) is 11.1. The van der Waals surface area contributed by atoms with E-state index in [4.69, 9.17) is 15.9 Å². The van der Waals surface area contributed by atoms with Crippen LogP contribution in [0, 0.1) is 5.92 Å². The number of nitrogens with two attached hydrogens (primary N) is 2. The Morgan fingerprint density at radius 2 is 2.18 bits per heavy atom. The van der Waals surface area contributed by atoms with Crippen molar-refractivity contribution in [3.05, 3.63) is 0 Å². The molecular weight excluding hydrogens is 160 g/mol. The van der Waals surface area contributed by atoms with Crippen LogP contribution >= 0.6 is 0 Å².